The maximum absolute atomic E-state index is 13.6. The first-order valence-electron chi connectivity index (χ1n) is 9.99. The molecule has 0 aliphatic carbocycles. The molecule has 1 aliphatic heterocycles. The maximum Gasteiger partial charge on any atom is 0.254 e. The lowest BCUT2D eigenvalue weighted by Gasteiger charge is -2.35. The Balaban J connectivity index is 1.61. The first-order valence-corrected chi connectivity index (χ1v) is 9.99. The van der Waals surface area contributed by atoms with Crippen LogP contribution in [-0.4, -0.2) is 38.6 Å². The molecule has 1 fully saturated rings. The molecule has 1 aliphatic rings. The summed E-state index contributed by atoms with van der Waals surface area (Å²) < 4.78 is 15.3. The van der Waals surface area contributed by atoms with Crippen LogP contribution in [0, 0.1) is 25.6 Å². The zero-order chi connectivity index (χ0) is 20.5. The molecule has 3 aromatic rings. The van der Waals surface area contributed by atoms with Crippen LogP contribution in [0.3, 0.4) is 0 Å². The van der Waals surface area contributed by atoms with E-state index in [1.807, 2.05) is 13.8 Å². The predicted octanol–water partition coefficient (Wildman–Crippen LogP) is 3.30. The molecule has 1 amide bonds. The maximum atomic E-state index is 13.6. The van der Waals surface area contributed by atoms with E-state index >= 15 is 0 Å². The van der Waals surface area contributed by atoms with Crippen LogP contribution in [0.1, 0.15) is 36.6 Å². The third-order valence-electron chi connectivity index (χ3n) is 5.61. The van der Waals surface area contributed by atoms with Crippen molar-refractivity contribution in [3.63, 3.8) is 0 Å². The lowest BCUT2D eigenvalue weighted by atomic mass is 9.96. The Kier molecular flexibility index (Phi) is 5.17. The van der Waals surface area contributed by atoms with E-state index in [0.29, 0.717) is 18.0 Å². The van der Waals surface area contributed by atoms with E-state index in [-0.39, 0.29) is 17.6 Å². The number of hydrogen-bond donors (Lipinski definition) is 1. The minimum Gasteiger partial charge on any atom is -0.355 e. The number of carbonyl (C=O) groups excluding carboxylic acids is 1. The van der Waals surface area contributed by atoms with Gasteiger partial charge in [-0.3, -0.25) is 4.79 Å². The molecule has 1 saturated heterocycles. The van der Waals surface area contributed by atoms with Crippen molar-refractivity contribution in [3.05, 3.63) is 47.2 Å². The quantitative estimate of drug-likeness (QED) is 0.732. The molecular formula is C21H25FN6O. The van der Waals surface area contributed by atoms with Crippen LogP contribution >= 0.6 is 0 Å². The highest BCUT2D eigenvalue weighted by molar-refractivity contribution is 5.93. The number of aryl methyl sites for hydroxylation is 2. The third-order valence-corrected chi connectivity index (χ3v) is 5.61. The standard InChI is InChI=1S/C21H25FN6O/c1-4-17-14(3)25-21-23-12-24-28(21)20(17)27-9-5-6-15(11-27)19(29)26-18-10-16(22)8-7-13(18)2/h7-8,10,12,15H,4-6,9,11H2,1-3H3,(H,26,29)/t15-/m0/s1. The van der Waals surface area contributed by atoms with Crippen LogP contribution in [0.15, 0.2) is 24.5 Å². The summed E-state index contributed by atoms with van der Waals surface area (Å²) in [6.45, 7) is 7.35. The first kappa shape index (κ1) is 19.3. The van der Waals surface area contributed by atoms with E-state index in [2.05, 4.69) is 32.2 Å². The van der Waals surface area contributed by atoms with Gasteiger partial charge in [-0.25, -0.2) is 9.37 Å². The Morgan fingerprint density at radius 1 is 1.34 bits per heavy atom. The summed E-state index contributed by atoms with van der Waals surface area (Å²) in [5.41, 5.74) is 3.42. The van der Waals surface area contributed by atoms with Crippen molar-refractivity contribution >= 4 is 23.2 Å². The largest absolute Gasteiger partial charge is 0.355 e. The first-order chi connectivity index (χ1) is 14.0. The Morgan fingerprint density at radius 3 is 2.97 bits per heavy atom. The highest BCUT2D eigenvalue weighted by Crippen LogP contribution is 2.29. The summed E-state index contributed by atoms with van der Waals surface area (Å²) in [4.78, 5) is 23.9. The average Bonchev–Trinajstić information content (AvgIpc) is 3.17. The van der Waals surface area contributed by atoms with Crippen LogP contribution in [0.25, 0.3) is 5.78 Å². The molecule has 1 aromatic carbocycles. The number of aromatic nitrogens is 4. The van der Waals surface area contributed by atoms with Gasteiger partial charge in [0.15, 0.2) is 0 Å². The normalized spacial score (nSPS) is 17.0. The summed E-state index contributed by atoms with van der Waals surface area (Å²) in [6, 6.07) is 4.44. The molecule has 152 valence electrons. The van der Waals surface area contributed by atoms with Crippen molar-refractivity contribution in [2.45, 2.75) is 40.0 Å². The molecule has 0 unspecified atom stereocenters. The number of benzene rings is 1. The third kappa shape index (κ3) is 3.66. The van der Waals surface area contributed by atoms with E-state index in [1.54, 1.807) is 10.6 Å². The van der Waals surface area contributed by atoms with E-state index in [4.69, 9.17) is 0 Å². The predicted molar refractivity (Wildman–Crippen MR) is 110 cm³/mol. The van der Waals surface area contributed by atoms with Gasteiger partial charge < -0.3 is 10.2 Å². The minimum atomic E-state index is -0.357. The molecule has 1 N–H and O–H groups in total. The van der Waals surface area contributed by atoms with Crippen molar-refractivity contribution in [1.82, 2.24) is 19.6 Å². The van der Waals surface area contributed by atoms with Crippen LogP contribution in [0.5, 0.6) is 0 Å². The molecule has 29 heavy (non-hydrogen) atoms. The number of anilines is 2. The number of piperidine rings is 1. The number of carbonyl (C=O) groups is 1. The molecule has 2 aromatic heterocycles. The number of rotatable bonds is 4. The van der Waals surface area contributed by atoms with Crippen LogP contribution in [0.2, 0.25) is 0 Å². The molecule has 0 radical (unpaired) electrons. The SMILES string of the molecule is CCc1c(C)nc2ncnn2c1N1CCC[C@H](C(=O)Nc2cc(F)ccc2C)C1. The zero-order valence-electron chi connectivity index (χ0n) is 16.9. The van der Waals surface area contributed by atoms with Crippen LogP contribution in [0.4, 0.5) is 15.9 Å². The second-order valence-corrected chi connectivity index (χ2v) is 7.56. The molecule has 4 rings (SSSR count). The van der Waals surface area contributed by atoms with Crippen molar-refractivity contribution in [2.75, 3.05) is 23.3 Å². The van der Waals surface area contributed by atoms with Gasteiger partial charge in [0.25, 0.3) is 5.78 Å². The van der Waals surface area contributed by atoms with Gasteiger partial charge in [-0.2, -0.15) is 14.6 Å². The van der Waals surface area contributed by atoms with Gasteiger partial charge in [0.1, 0.15) is 18.0 Å². The molecule has 0 bridgehead atoms. The van der Waals surface area contributed by atoms with Gasteiger partial charge in [-0.1, -0.05) is 13.0 Å². The molecule has 0 saturated carbocycles. The van der Waals surface area contributed by atoms with Crippen molar-refractivity contribution in [3.8, 4) is 0 Å². The monoisotopic (exact) mass is 396 g/mol. The Labute approximate surface area is 169 Å². The number of amides is 1. The van der Waals surface area contributed by atoms with Gasteiger partial charge in [0.2, 0.25) is 5.91 Å². The molecule has 3 heterocycles. The summed E-state index contributed by atoms with van der Waals surface area (Å²) >= 11 is 0. The lowest BCUT2D eigenvalue weighted by molar-refractivity contribution is -0.120. The lowest BCUT2D eigenvalue weighted by Crippen LogP contribution is -2.42. The second-order valence-electron chi connectivity index (χ2n) is 7.56. The molecule has 8 heteroatoms. The second kappa shape index (κ2) is 7.77. The number of halogens is 1. The fourth-order valence-electron chi connectivity index (χ4n) is 4.05. The van der Waals surface area contributed by atoms with Gasteiger partial charge in [0, 0.05) is 30.0 Å². The van der Waals surface area contributed by atoms with Gasteiger partial charge in [0.05, 0.1) is 5.92 Å². The summed E-state index contributed by atoms with van der Waals surface area (Å²) in [5.74, 6) is 0.901. The Morgan fingerprint density at radius 2 is 2.17 bits per heavy atom. The number of nitrogens with one attached hydrogen (secondary N) is 1. The minimum absolute atomic E-state index is 0.0814. The van der Waals surface area contributed by atoms with Crippen molar-refractivity contribution in [2.24, 2.45) is 5.92 Å². The smallest absolute Gasteiger partial charge is 0.254 e. The molecule has 7 nitrogen and oxygen atoms in total. The number of hydrogen-bond acceptors (Lipinski definition) is 5. The molecule has 0 spiro atoms. The van der Waals surface area contributed by atoms with Crippen molar-refractivity contribution in [1.29, 1.82) is 0 Å². The highest BCUT2D eigenvalue weighted by atomic mass is 19.1. The fraction of sp³-hybridized carbons (Fsp3) is 0.429. The molecule has 1 atom stereocenters. The Bertz CT molecular complexity index is 1060. The average molecular weight is 396 g/mol. The number of nitrogens with zero attached hydrogens (tertiary/aromatic N) is 5. The van der Waals surface area contributed by atoms with Crippen molar-refractivity contribution < 1.29 is 9.18 Å². The highest BCUT2D eigenvalue weighted by Gasteiger charge is 2.29. The number of fused-ring (bicyclic) bond motifs is 1. The fourth-order valence-corrected chi connectivity index (χ4v) is 4.05. The summed E-state index contributed by atoms with van der Waals surface area (Å²) in [7, 11) is 0. The van der Waals surface area contributed by atoms with E-state index in [9.17, 15) is 9.18 Å². The topological polar surface area (TPSA) is 75.4 Å². The molecular weight excluding hydrogens is 371 g/mol. The van der Waals surface area contributed by atoms with Gasteiger partial charge in [-0.15, -0.1) is 0 Å². The van der Waals surface area contributed by atoms with E-state index in [1.165, 1.54) is 18.5 Å². The van der Waals surface area contributed by atoms with Crippen LogP contribution < -0.4 is 10.2 Å². The summed E-state index contributed by atoms with van der Waals surface area (Å²) in [5, 5.41) is 7.27. The van der Waals surface area contributed by atoms with E-state index < -0.39 is 0 Å². The Hall–Kier alpha value is -3.03. The van der Waals surface area contributed by atoms with E-state index in [0.717, 1.165) is 48.4 Å². The van der Waals surface area contributed by atoms with Gasteiger partial charge >= 0.3 is 0 Å². The zero-order valence-corrected chi connectivity index (χ0v) is 16.9. The summed E-state index contributed by atoms with van der Waals surface area (Å²) in [6.07, 6.45) is 4.01. The van der Waals surface area contributed by atoms with Gasteiger partial charge in [-0.05, 0) is 50.8 Å². The van der Waals surface area contributed by atoms with Crippen LogP contribution in [-0.2, 0) is 11.2 Å².